The van der Waals surface area contributed by atoms with Crippen molar-refractivity contribution in [1.29, 1.82) is 0 Å². The first-order valence-corrected chi connectivity index (χ1v) is 9.42. The molecule has 150 valence electrons. The third-order valence-corrected chi connectivity index (χ3v) is 5.58. The number of hydrogen-bond donors (Lipinski definition) is 0. The van der Waals surface area contributed by atoms with Crippen LogP contribution in [0.15, 0.2) is 23.0 Å². The lowest BCUT2D eigenvalue weighted by Gasteiger charge is -2.27. The predicted molar refractivity (Wildman–Crippen MR) is 95.1 cm³/mol. The lowest BCUT2D eigenvalue weighted by molar-refractivity contribution is -0.135. The zero-order valence-corrected chi connectivity index (χ0v) is 15.6. The van der Waals surface area contributed by atoms with E-state index in [1.807, 2.05) is 0 Å². The summed E-state index contributed by atoms with van der Waals surface area (Å²) >= 11 is 6.03. The molecule has 2 aliphatic rings. The maximum Gasteiger partial charge on any atom is 0.346 e. The Balaban J connectivity index is 1.63. The molecule has 3 heterocycles. The number of amides is 1. The van der Waals surface area contributed by atoms with Gasteiger partial charge in [-0.1, -0.05) is 17.7 Å². The van der Waals surface area contributed by atoms with E-state index in [2.05, 4.69) is 5.10 Å². The number of likely N-dealkylation sites (tertiary alicyclic amines) is 1. The molecule has 0 bridgehead atoms. The van der Waals surface area contributed by atoms with Gasteiger partial charge in [-0.05, 0) is 30.5 Å². The van der Waals surface area contributed by atoms with Crippen LogP contribution in [-0.2, 0) is 17.8 Å². The van der Waals surface area contributed by atoms with Gasteiger partial charge in [-0.3, -0.25) is 9.36 Å². The number of carbonyl (C=O) groups is 1. The minimum absolute atomic E-state index is 0.0221. The van der Waals surface area contributed by atoms with E-state index in [1.54, 1.807) is 0 Å². The molecule has 1 aromatic carbocycles. The van der Waals surface area contributed by atoms with E-state index in [0.29, 0.717) is 30.7 Å². The molecule has 0 unspecified atom stereocenters. The molecular weight excluding hydrogens is 397 g/mol. The van der Waals surface area contributed by atoms with E-state index in [-0.39, 0.29) is 24.5 Å². The molecule has 0 aliphatic carbocycles. The molecule has 28 heavy (non-hydrogen) atoms. The molecular formula is C18H18ClF3N4O2. The Labute approximate surface area is 163 Å². The summed E-state index contributed by atoms with van der Waals surface area (Å²) in [6.45, 7) is -0.613. The molecule has 0 N–H and O–H groups in total. The molecule has 2 aliphatic heterocycles. The van der Waals surface area contributed by atoms with E-state index in [1.165, 1.54) is 21.4 Å². The summed E-state index contributed by atoms with van der Waals surface area (Å²) in [6.07, 6.45) is 1.18. The molecule has 1 saturated heterocycles. The van der Waals surface area contributed by atoms with Gasteiger partial charge >= 0.3 is 5.69 Å². The summed E-state index contributed by atoms with van der Waals surface area (Å²) in [5.41, 5.74) is 0.0158. The maximum atomic E-state index is 13.5. The van der Waals surface area contributed by atoms with Crippen molar-refractivity contribution in [3.8, 4) is 0 Å². The number of hydrogen-bond acceptors (Lipinski definition) is 3. The third-order valence-electron chi connectivity index (χ3n) is 5.23. The number of halogens is 4. The van der Waals surface area contributed by atoms with Gasteiger partial charge in [0.25, 0.3) is 5.92 Å². The second-order valence-electron chi connectivity index (χ2n) is 7.24. The summed E-state index contributed by atoms with van der Waals surface area (Å²) in [7, 11) is 0. The number of benzene rings is 1. The van der Waals surface area contributed by atoms with Crippen LogP contribution in [0.25, 0.3) is 0 Å². The standard InChI is InChI=1S/C18H18ClF3N4O2/c19-13-8-12(20)5-4-11(13)9-25-17(28)26-14(2-1-3-15(26)23-25)16(27)24-7-6-18(21,22)10-24/h4-5,8,14H,1-3,6-7,9-10H2/t14-/m0/s1. The average molecular weight is 415 g/mol. The van der Waals surface area contributed by atoms with E-state index in [9.17, 15) is 22.8 Å². The number of aryl methyl sites for hydroxylation is 1. The summed E-state index contributed by atoms with van der Waals surface area (Å²) < 4.78 is 42.7. The zero-order chi connectivity index (χ0) is 20.1. The number of aromatic nitrogens is 3. The Morgan fingerprint density at radius 2 is 2.14 bits per heavy atom. The smallest absolute Gasteiger partial charge is 0.335 e. The minimum Gasteiger partial charge on any atom is -0.335 e. The number of nitrogens with zero attached hydrogens (tertiary/aromatic N) is 4. The largest absolute Gasteiger partial charge is 0.346 e. The van der Waals surface area contributed by atoms with E-state index in [4.69, 9.17) is 11.6 Å². The van der Waals surface area contributed by atoms with Crippen LogP contribution in [0.4, 0.5) is 13.2 Å². The monoisotopic (exact) mass is 414 g/mol. The Kier molecular flexibility index (Phi) is 4.73. The fourth-order valence-electron chi connectivity index (χ4n) is 3.81. The van der Waals surface area contributed by atoms with Gasteiger partial charge in [-0.2, -0.15) is 5.10 Å². The van der Waals surface area contributed by atoms with Crippen molar-refractivity contribution >= 4 is 17.5 Å². The van der Waals surface area contributed by atoms with Crippen molar-refractivity contribution in [3.63, 3.8) is 0 Å². The second kappa shape index (κ2) is 6.95. The van der Waals surface area contributed by atoms with Crippen molar-refractivity contribution in [2.45, 2.75) is 44.2 Å². The summed E-state index contributed by atoms with van der Waals surface area (Å²) in [4.78, 5) is 26.8. The van der Waals surface area contributed by atoms with Crippen LogP contribution in [0.1, 0.15) is 36.7 Å². The highest BCUT2D eigenvalue weighted by molar-refractivity contribution is 6.31. The van der Waals surface area contributed by atoms with Crippen LogP contribution in [0.2, 0.25) is 5.02 Å². The lowest BCUT2D eigenvalue weighted by atomic mass is 10.0. The van der Waals surface area contributed by atoms with E-state index >= 15 is 0 Å². The topological polar surface area (TPSA) is 60.1 Å². The molecule has 2 aromatic rings. The van der Waals surface area contributed by atoms with Crippen LogP contribution < -0.4 is 5.69 Å². The Bertz CT molecular complexity index is 988. The van der Waals surface area contributed by atoms with Gasteiger partial charge in [0.1, 0.15) is 17.7 Å². The number of carbonyl (C=O) groups excluding carboxylic acids is 1. The number of rotatable bonds is 3. The first-order chi connectivity index (χ1) is 13.2. The molecule has 0 saturated carbocycles. The van der Waals surface area contributed by atoms with Crippen LogP contribution in [0.5, 0.6) is 0 Å². The molecule has 0 radical (unpaired) electrons. The minimum atomic E-state index is -2.89. The van der Waals surface area contributed by atoms with Crippen molar-refractivity contribution in [3.05, 3.63) is 50.9 Å². The van der Waals surface area contributed by atoms with Crippen LogP contribution in [-0.4, -0.2) is 44.2 Å². The van der Waals surface area contributed by atoms with Crippen molar-refractivity contribution < 1.29 is 18.0 Å². The van der Waals surface area contributed by atoms with Gasteiger partial charge in [0, 0.05) is 24.4 Å². The number of alkyl halides is 2. The quantitative estimate of drug-likeness (QED) is 0.775. The fraction of sp³-hybridized carbons (Fsp3) is 0.500. The maximum absolute atomic E-state index is 13.5. The Morgan fingerprint density at radius 3 is 2.82 bits per heavy atom. The molecule has 1 atom stereocenters. The van der Waals surface area contributed by atoms with Gasteiger partial charge in [0.05, 0.1) is 13.1 Å². The van der Waals surface area contributed by atoms with Gasteiger partial charge in [-0.15, -0.1) is 0 Å². The van der Waals surface area contributed by atoms with Gasteiger partial charge in [0.15, 0.2) is 0 Å². The highest BCUT2D eigenvalue weighted by Gasteiger charge is 2.43. The van der Waals surface area contributed by atoms with Gasteiger partial charge in [0.2, 0.25) is 5.91 Å². The van der Waals surface area contributed by atoms with Crippen molar-refractivity contribution in [2.24, 2.45) is 0 Å². The number of fused-ring (bicyclic) bond motifs is 1. The van der Waals surface area contributed by atoms with E-state index in [0.717, 1.165) is 11.0 Å². The molecule has 0 spiro atoms. The normalized spacial score (nSPS) is 21.0. The summed E-state index contributed by atoms with van der Waals surface area (Å²) in [6, 6.07) is 3.03. The predicted octanol–water partition coefficient (Wildman–Crippen LogP) is 2.63. The molecule has 4 rings (SSSR count). The van der Waals surface area contributed by atoms with Crippen LogP contribution >= 0.6 is 11.6 Å². The third kappa shape index (κ3) is 3.43. The fourth-order valence-corrected chi connectivity index (χ4v) is 4.04. The SMILES string of the molecule is O=C([C@@H]1CCCc2nn(Cc3ccc(F)cc3Cl)c(=O)n21)N1CCC(F)(F)C1. The van der Waals surface area contributed by atoms with Crippen LogP contribution in [0.3, 0.4) is 0 Å². The van der Waals surface area contributed by atoms with Crippen LogP contribution in [0, 0.1) is 5.82 Å². The highest BCUT2D eigenvalue weighted by Crippen LogP contribution is 2.31. The average Bonchev–Trinajstić information content (AvgIpc) is 3.16. The first-order valence-electron chi connectivity index (χ1n) is 9.04. The molecule has 10 heteroatoms. The lowest BCUT2D eigenvalue weighted by Crippen LogP contribution is -2.42. The summed E-state index contributed by atoms with van der Waals surface area (Å²) in [5, 5.41) is 4.46. The van der Waals surface area contributed by atoms with Gasteiger partial charge in [-0.25, -0.2) is 22.6 Å². The van der Waals surface area contributed by atoms with Crippen molar-refractivity contribution in [1.82, 2.24) is 19.2 Å². The Morgan fingerprint density at radius 1 is 1.36 bits per heavy atom. The van der Waals surface area contributed by atoms with E-state index < -0.39 is 35.9 Å². The molecule has 6 nitrogen and oxygen atoms in total. The van der Waals surface area contributed by atoms with Crippen molar-refractivity contribution in [2.75, 3.05) is 13.1 Å². The highest BCUT2D eigenvalue weighted by atomic mass is 35.5. The molecule has 1 aromatic heterocycles. The second-order valence-corrected chi connectivity index (χ2v) is 7.64. The van der Waals surface area contributed by atoms with Gasteiger partial charge < -0.3 is 4.90 Å². The Hall–Kier alpha value is -2.29. The molecule has 1 fully saturated rings. The summed E-state index contributed by atoms with van der Waals surface area (Å²) in [5.74, 6) is -3.40. The zero-order valence-electron chi connectivity index (χ0n) is 14.9. The first kappa shape index (κ1) is 19.0. The molecule has 1 amide bonds.